The quantitative estimate of drug-likeness (QED) is 0.610. The highest BCUT2D eigenvalue weighted by Gasteiger charge is 2.39. The minimum Gasteiger partial charge on any atom is -0.298 e. The summed E-state index contributed by atoms with van der Waals surface area (Å²) >= 11 is 0. The summed E-state index contributed by atoms with van der Waals surface area (Å²) in [5.41, 5.74) is 6.82. The molecule has 1 fully saturated rings. The molecule has 0 bridgehead atoms. The second-order valence-electron chi connectivity index (χ2n) is 7.20. The molecule has 26 heavy (non-hydrogen) atoms. The first-order chi connectivity index (χ1) is 12.4. The van der Waals surface area contributed by atoms with Crippen LogP contribution in [0.3, 0.4) is 0 Å². The van der Waals surface area contributed by atoms with E-state index in [4.69, 9.17) is 0 Å². The van der Waals surface area contributed by atoms with Crippen LogP contribution in [0.2, 0.25) is 0 Å². The van der Waals surface area contributed by atoms with Crippen LogP contribution < -0.4 is 0 Å². The molecule has 0 N–H and O–H groups in total. The average Bonchev–Trinajstić information content (AvgIpc) is 2.87. The highest BCUT2D eigenvalue weighted by atomic mass is 16.2. The number of aromatic nitrogens is 1. The second-order valence-corrected chi connectivity index (χ2v) is 7.20. The zero-order valence-corrected chi connectivity index (χ0v) is 15.9. The molecule has 1 aromatic carbocycles. The second kappa shape index (κ2) is 7.36. The van der Waals surface area contributed by atoms with Gasteiger partial charge in [-0.2, -0.15) is 0 Å². The molecule has 1 heterocycles. The number of aryl methyl sites for hydroxylation is 4. The predicted octanol–water partition coefficient (Wildman–Crippen LogP) is 4.36. The number of allylic oxidation sites excluding steroid dienone is 2. The molecule has 0 aliphatic heterocycles. The van der Waals surface area contributed by atoms with Crippen LogP contribution in [0.1, 0.15) is 52.8 Å². The first kappa shape index (κ1) is 18.2. The van der Waals surface area contributed by atoms with Crippen LogP contribution in [0.25, 0.3) is 0 Å². The number of nitrogens with zero attached hydrogens (tertiary/aromatic N) is 1. The molecular formula is C23H25NO2. The number of ketones is 2. The Morgan fingerprint density at radius 2 is 1.81 bits per heavy atom. The minimum atomic E-state index is -0.641. The molecule has 1 aromatic heterocycles. The van der Waals surface area contributed by atoms with E-state index in [0.717, 1.165) is 34.4 Å². The Balaban J connectivity index is 1.84. The fourth-order valence-electron chi connectivity index (χ4n) is 3.83. The van der Waals surface area contributed by atoms with E-state index in [-0.39, 0.29) is 18.0 Å². The van der Waals surface area contributed by atoms with Crippen molar-refractivity contribution in [1.29, 1.82) is 0 Å². The first-order valence-electron chi connectivity index (χ1n) is 9.18. The molecule has 1 aliphatic carbocycles. The van der Waals surface area contributed by atoms with E-state index in [1.165, 1.54) is 5.56 Å². The SMILES string of the molecule is CCc1ccc(C/C=C2\CC(=O)C(c3c(C)cc(C)cc3C)C2=O)nc1. The van der Waals surface area contributed by atoms with Crippen LogP contribution in [0.15, 0.2) is 42.1 Å². The van der Waals surface area contributed by atoms with Gasteiger partial charge in [0.15, 0.2) is 11.6 Å². The van der Waals surface area contributed by atoms with E-state index in [0.29, 0.717) is 12.0 Å². The molecule has 2 aromatic rings. The van der Waals surface area contributed by atoms with Gasteiger partial charge >= 0.3 is 0 Å². The molecular weight excluding hydrogens is 322 g/mol. The number of Topliss-reactive ketones (excluding diaryl/α,β-unsaturated/α-hetero) is 2. The zero-order chi connectivity index (χ0) is 18.8. The normalized spacial score (nSPS) is 18.8. The van der Waals surface area contributed by atoms with E-state index >= 15 is 0 Å². The number of carbonyl (C=O) groups excluding carboxylic acids is 2. The van der Waals surface area contributed by atoms with Gasteiger partial charge in [0.25, 0.3) is 0 Å². The Hall–Kier alpha value is -2.55. The molecule has 3 nitrogen and oxygen atoms in total. The van der Waals surface area contributed by atoms with Crippen LogP contribution in [-0.2, 0) is 22.4 Å². The predicted molar refractivity (Wildman–Crippen MR) is 103 cm³/mol. The fraction of sp³-hybridized carbons (Fsp3) is 0.348. The average molecular weight is 347 g/mol. The summed E-state index contributed by atoms with van der Waals surface area (Å²) in [5, 5.41) is 0. The van der Waals surface area contributed by atoms with Gasteiger partial charge in [-0.05, 0) is 55.5 Å². The molecule has 1 saturated carbocycles. The Morgan fingerprint density at radius 1 is 1.12 bits per heavy atom. The Kier molecular flexibility index (Phi) is 5.17. The van der Waals surface area contributed by atoms with Gasteiger partial charge in [0.2, 0.25) is 0 Å². The van der Waals surface area contributed by atoms with Crippen molar-refractivity contribution < 1.29 is 9.59 Å². The molecule has 1 unspecified atom stereocenters. The third kappa shape index (κ3) is 3.52. The maximum Gasteiger partial charge on any atom is 0.173 e. The van der Waals surface area contributed by atoms with E-state index in [2.05, 4.69) is 18.0 Å². The summed E-state index contributed by atoms with van der Waals surface area (Å²) in [7, 11) is 0. The zero-order valence-electron chi connectivity index (χ0n) is 15.9. The Labute approximate surface area is 155 Å². The van der Waals surface area contributed by atoms with Gasteiger partial charge < -0.3 is 0 Å². The molecule has 3 heteroatoms. The summed E-state index contributed by atoms with van der Waals surface area (Å²) in [5.74, 6) is -0.682. The minimum absolute atomic E-state index is 0.00518. The summed E-state index contributed by atoms with van der Waals surface area (Å²) in [6, 6.07) is 8.14. The Bertz CT molecular complexity index is 868. The fourth-order valence-corrected chi connectivity index (χ4v) is 3.83. The van der Waals surface area contributed by atoms with Gasteiger partial charge in [-0.3, -0.25) is 14.6 Å². The van der Waals surface area contributed by atoms with Crippen LogP contribution in [0, 0.1) is 20.8 Å². The van der Waals surface area contributed by atoms with Crippen LogP contribution in [0.4, 0.5) is 0 Å². The summed E-state index contributed by atoms with van der Waals surface area (Å²) in [6.07, 6.45) is 5.52. The van der Waals surface area contributed by atoms with E-state index in [1.54, 1.807) is 0 Å². The lowest BCUT2D eigenvalue weighted by atomic mass is 9.87. The highest BCUT2D eigenvalue weighted by molar-refractivity contribution is 6.23. The van der Waals surface area contributed by atoms with Gasteiger partial charge in [-0.15, -0.1) is 0 Å². The molecule has 0 saturated heterocycles. The summed E-state index contributed by atoms with van der Waals surface area (Å²) in [6.45, 7) is 8.09. The third-order valence-electron chi connectivity index (χ3n) is 5.14. The summed E-state index contributed by atoms with van der Waals surface area (Å²) in [4.78, 5) is 29.9. The maximum atomic E-state index is 12.9. The van der Waals surface area contributed by atoms with Gasteiger partial charge in [-0.25, -0.2) is 0 Å². The lowest BCUT2D eigenvalue weighted by molar-refractivity contribution is -0.123. The Morgan fingerprint density at radius 3 is 2.38 bits per heavy atom. The molecule has 1 aliphatic rings. The number of rotatable bonds is 4. The summed E-state index contributed by atoms with van der Waals surface area (Å²) < 4.78 is 0. The third-order valence-corrected chi connectivity index (χ3v) is 5.14. The molecule has 1 atom stereocenters. The number of carbonyl (C=O) groups is 2. The monoisotopic (exact) mass is 347 g/mol. The van der Waals surface area contributed by atoms with E-state index in [1.807, 2.05) is 51.2 Å². The number of pyridine rings is 1. The van der Waals surface area contributed by atoms with Crippen molar-refractivity contribution in [2.75, 3.05) is 0 Å². The van der Waals surface area contributed by atoms with Gasteiger partial charge in [0.05, 0.1) is 0 Å². The van der Waals surface area contributed by atoms with Crippen LogP contribution in [0.5, 0.6) is 0 Å². The first-order valence-corrected chi connectivity index (χ1v) is 9.18. The van der Waals surface area contributed by atoms with Crippen molar-refractivity contribution in [2.45, 2.75) is 52.9 Å². The van der Waals surface area contributed by atoms with Crippen molar-refractivity contribution in [3.8, 4) is 0 Å². The smallest absolute Gasteiger partial charge is 0.173 e. The number of hydrogen-bond acceptors (Lipinski definition) is 3. The standard InChI is InChI=1S/C23H25NO2/c1-5-17-6-8-19(24-13-17)9-7-18-12-20(25)22(23(18)26)21-15(3)10-14(2)11-16(21)4/h6-8,10-11,13,22H,5,9,12H2,1-4H3/b18-7+. The van der Waals surface area contributed by atoms with E-state index in [9.17, 15) is 9.59 Å². The molecule has 134 valence electrons. The highest BCUT2D eigenvalue weighted by Crippen LogP contribution is 2.36. The van der Waals surface area contributed by atoms with Crippen molar-refractivity contribution in [1.82, 2.24) is 4.98 Å². The van der Waals surface area contributed by atoms with Gasteiger partial charge in [0.1, 0.15) is 5.92 Å². The molecule has 3 rings (SSSR count). The number of benzene rings is 1. The van der Waals surface area contributed by atoms with E-state index < -0.39 is 5.92 Å². The van der Waals surface area contributed by atoms with Crippen LogP contribution in [-0.4, -0.2) is 16.6 Å². The largest absolute Gasteiger partial charge is 0.298 e. The number of hydrogen-bond donors (Lipinski definition) is 0. The topological polar surface area (TPSA) is 47.0 Å². The van der Waals surface area contributed by atoms with Crippen molar-refractivity contribution in [3.63, 3.8) is 0 Å². The lowest BCUT2D eigenvalue weighted by Gasteiger charge is -2.15. The van der Waals surface area contributed by atoms with Crippen molar-refractivity contribution in [3.05, 3.63) is 75.6 Å². The molecule has 0 radical (unpaired) electrons. The van der Waals surface area contributed by atoms with Crippen molar-refractivity contribution in [2.24, 2.45) is 0 Å². The molecule has 0 amide bonds. The lowest BCUT2D eigenvalue weighted by Crippen LogP contribution is -2.15. The van der Waals surface area contributed by atoms with Crippen molar-refractivity contribution >= 4 is 11.6 Å². The molecule has 0 spiro atoms. The maximum absolute atomic E-state index is 12.9. The van der Waals surface area contributed by atoms with Gasteiger partial charge in [-0.1, -0.05) is 36.8 Å². The van der Waals surface area contributed by atoms with Gasteiger partial charge in [0, 0.05) is 30.3 Å². The van der Waals surface area contributed by atoms with Crippen LogP contribution >= 0.6 is 0 Å².